The molecule has 6 nitrogen and oxygen atoms in total. The van der Waals surface area contributed by atoms with Crippen LogP contribution in [0, 0.1) is 20.8 Å². The number of rotatable bonds is 4. The van der Waals surface area contributed by atoms with Gasteiger partial charge in [-0.05, 0) is 38.5 Å². The van der Waals surface area contributed by atoms with Crippen LogP contribution in [0.3, 0.4) is 0 Å². The highest BCUT2D eigenvalue weighted by Gasteiger charge is 2.14. The van der Waals surface area contributed by atoms with Crippen molar-refractivity contribution in [2.45, 2.75) is 27.3 Å². The van der Waals surface area contributed by atoms with Crippen LogP contribution in [0.1, 0.15) is 26.6 Å². The minimum absolute atomic E-state index is 0.110. The lowest BCUT2D eigenvalue weighted by Crippen LogP contribution is -2.19. The van der Waals surface area contributed by atoms with Gasteiger partial charge in [-0.3, -0.25) is 9.48 Å². The van der Waals surface area contributed by atoms with Gasteiger partial charge in [0.05, 0.1) is 10.7 Å². The predicted molar refractivity (Wildman–Crippen MR) is 76.3 cm³/mol. The molecule has 0 aliphatic rings. The molecule has 0 radical (unpaired) electrons. The maximum Gasteiger partial charge on any atom is 0.346 e. The van der Waals surface area contributed by atoms with Crippen LogP contribution >= 0.6 is 11.3 Å². The predicted octanol–water partition coefficient (Wildman–Crippen LogP) is 2.21. The summed E-state index contributed by atoms with van der Waals surface area (Å²) in [5, 5.41) is 16.4. The fraction of sp³-hybridized carbons (Fsp3) is 0.308. The second-order valence-corrected chi connectivity index (χ2v) is 5.61. The average molecular weight is 293 g/mol. The van der Waals surface area contributed by atoms with Crippen molar-refractivity contribution in [1.29, 1.82) is 0 Å². The normalized spacial score (nSPS) is 10.6. The van der Waals surface area contributed by atoms with E-state index in [9.17, 15) is 9.59 Å². The smallest absolute Gasteiger partial charge is 0.346 e. The Morgan fingerprint density at radius 3 is 2.55 bits per heavy atom. The number of nitrogens with zero attached hydrogens (tertiary/aromatic N) is 2. The molecule has 0 saturated heterocycles. The maximum atomic E-state index is 11.9. The fourth-order valence-electron chi connectivity index (χ4n) is 1.90. The van der Waals surface area contributed by atoms with Crippen LogP contribution < -0.4 is 5.32 Å². The standard InChI is InChI=1S/C13H15N3O3S/c1-7-4-11(20-12(7)13(18)19)14-10(17)6-16-9(3)5-8(2)15-16/h4-5H,6H2,1-3H3,(H,14,17)(H,18,19). The largest absolute Gasteiger partial charge is 0.477 e. The van der Waals surface area contributed by atoms with E-state index in [1.807, 2.05) is 19.9 Å². The van der Waals surface area contributed by atoms with E-state index in [-0.39, 0.29) is 17.3 Å². The van der Waals surface area contributed by atoms with Crippen molar-refractivity contribution in [3.8, 4) is 0 Å². The zero-order valence-corrected chi connectivity index (χ0v) is 12.2. The quantitative estimate of drug-likeness (QED) is 0.905. The van der Waals surface area contributed by atoms with Crippen LogP contribution in [0.4, 0.5) is 5.00 Å². The molecule has 2 aromatic rings. The zero-order valence-electron chi connectivity index (χ0n) is 11.4. The number of carboxylic acids is 1. The van der Waals surface area contributed by atoms with Crippen molar-refractivity contribution < 1.29 is 14.7 Å². The Morgan fingerprint density at radius 2 is 2.05 bits per heavy atom. The first kappa shape index (κ1) is 14.3. The lowest BCUT2D eigenvalue weighted by Gasteiger charge is -2.04. The molecule has 0 aromatic carbocycles. The molecular formula is C13H15N3O3S. The molecule has 2 aromatic heterocycles. The Morgan fingerprint density at radius 1 is 1.35 bits per heavy atom. The summed E-state index contributed by atoms with van der Waals surface area (Å²) in [4.78, 5) is 23.1. The van der Waals surface area contributed by atoms with Crippen molar-refractivity contribution in [2.75, 3.05) is 5.32 Å². The summed E-state index contributed by atoms with van der Waals surface area (Å²) in [5.74, 6) is -1.21. The number of aromatic nitrogens is 2. The minimum atomic E-state index is -0.980. The summed E-state index contributed by atoms with van der Waals surface area (Å²) in [6.45, 7) is 5.56. The van der Waals surface area contributed by atoms with Crippen molar-refractivity contribution in [1.82, 2.24) is 9.78 Å². The van der Waals surface area contributed by atoms with Gasteiger partial charge < -0.3 is 10.4 Å². The van der Waals surface area contributed by atoms with E-state index in [0.29, 0.717) is 10.6 Å². The van der Waals surface area contributed by atoms with Crippen LogP contribution in [0.15, 0.2) is 12.1 Å². The highest BCUT2D eigenvalue weighted by Crippen LogP contribution is 2.26. The van der Waals surface area contributed by atoms with Gasteiger partial charge in [0, 0.05) is 5.69 Å². The van der Waals surface area contributed by atoms with Gasteiger partial charge in [-0.15, -0.1) is 11.3 Å². The number of carboxylic acid groups (broad SMARTS) is 1. The summed E-state index contributed by atoms with van der Waals surface area (Å²) >= 11 is 1.05. The number of aromatic carboxylic acids is 1. The highest BCUT2D eigenvalue weighted by molar-refractivity contribution is 7.18. The molecular weight excluding hydrogens is 278 g/mol. The number of nitrogens with one attached hydrogen (secondary N) is 1. The van der Waals surface area contributed by atoms with Gasteiger partial charge in [-0.2, -0.15) is 5.10 Å². The molecule has 1 amide bonds. The number of carbonyl (C=O) groups is 2. The first-order valence-corrected chi connectivity index (χ1v) is 6.83. The van der Waals surface area contributed by atoms with Gasteiger partial charge >= 0.3 is 5.97 Å². The lowest BCUT2D eigenvalue weighted by molar-refractivity contribution is -0.116. The monoisotopic (exact) mass is 293 g/mol. The Bertz CT molecular complexity index is 672. The Labute approximate surface area is 120 Å². The van der Waals surface area contributed by atoms with Crippen molar-refractivity contribution in [3.63, 3.8) is 0 Å². The van der Waals surface area contributed by atoms with Gasteiger partial charge in [-0.1, -0.05) is 0 Å². The highest BCUT2D eigenvalue weighted by atomic mass is 32.1. The van der Waals surface area contributed by atoms with E-state index in [4.69, 9.17) is 5.11 Å². The molecule has 7 heteroatoms. The van der Waals surface area contributed by atoms with Crippen LogP contribution in [0.5, 0.6) is 0 Å². The second kappa shape index (κ2) is 5.46. The van der Waals surface area contributed by atoms with Gasteiger partial charge in [0.1, 0.15) is 11.4 Å². The van der Waals surface area contributed by atoms with Crippen LogP contribution in [0.25, 0.3) is 0 Å². The molecule has 20 heavy (non-hydrogen) atoms. The number of amides is 1. The van der Waals surface area contributed by atoms with Crippen LogP contribution in [-0.4, -0.2) is 26.8 Å². The number of carbonyl (C=O) groups excluding carboxylic acids is 1. The summed E-state index contributed by atoms with van der Waals surface area (Å²) in [5.41, 5.74) is 2.41. The molecule has 0 aliphatic carbocycles. The van der Waals surface area contributed by atoms with E-state index in [0.717, 1.165) is 22.7 Å². The first-order chi connectivity index (χ1) is 9.36. The topological polar surface area (TPSA) is 84.2 Å². The SMILES string of the molecule is Cc1cc(C)n(CC(=O)Nc2cc(C)c(C(=O)O)s2)n1. The number of thiophene rings is 1. The Hall–Kier alpha value is -2.15. The Kier molecular flexibility index (Phi) is 3.89. The number of aryl methyl sites for hydroxylation is 3. The molecule has 2 rings (SSSR count). The second-order valence-electron chi connectivity index (χ2n) is 4.56. The third-order valence-corrected chi connectivity index (χ3v) is 3.91. The van der Waals surface area contributed by atoms with E-state index in [1.54, 1.807) is 17.7 Å². The number of hydrogen-bond donors (Lipinski definition) is 2. The summed E-state index contributed by atoms with van der Waals surface area (Å²) < 4.78 is 1.61. The molecule has 106 valence electrons. The van der Waals surface area contributed by atoms with E-state index in [2.05, 4.69) is 10.4 Å². The van der Waals surface area contributed by atoms with Gasteiger partial charge in [-0.25, -0.2) is 4.79 Å². The molecule has 2 N–H and O–H groups in total. The summed E-state index contributed by atoms with van der Waals surface area (Å²) in [6.07, 6.45) is 0. The first-order valence-electron chi connectivity index (χ1n) is 6.01. The van der Waals surface area contributed by atoms with Gasteiger partial charge in [0.15, 0.2) is 0 Å². The molecule has 0 atom stereocenters. The van der Waals surface area contributed by atoms with E-state index in [1.165, 1.54) is 0 Å². The molecule has 0 unspecified atom stereocenters. The number of anilines is 1. The van der Waals surface area contributed by atoms with Gasteiger partial charge in [0.25, 0.3) is 0 Å². The van der Waals surface area contributed by atoms with Crippen LogP contribution in [0.2, 0.25) is 0 Å². The maximum absolute atomic E-state index is 11.9. The average Bonchev–Trinajstić information content (AvgIpc) is 2.82. The molecule has 0 saturated carbocycles. The molecule has 0 aliphatic heterocycles. The molecule has 2 heterocycles. The minimum Gasteiger partial charge on any atom is -0.477 e. The summed E-state index contributed by atoms with van der Waals surface area (Å²) in [7, 11) is 0. The number of hydrogen-bond acceptors (Lipinski definition) is 4. The fourth-order valence-corrected chi connectivity index (χ4v) is 2.83. The van der Waals surface area contributed by atoms with Gasteiger partial charge in [0.2, 0.25) is 5.91 Å². The third-order valence-electron chi connectivity index (χ3n) is 2.77. The molecule has 0 bridgehead atoms. The van der Waals surface area contributed by atoms with Crippen molar-refractivity contribution >= 4 is 28.2 Å². The zero-order chi connectivity index (χ0) is 14.9. The third kappa shape index (κ3) is 3.05. The van der Waals surface area contributed by atoms with Crippen LogP contribution in [-0.2, 0) is 11.3 Å². The van der Waals surface area contributed by atoms with Crippen molar-refractivity contribution in [3.05, 3.63) is 34.0 Å². The summed E-state index contributed by atoms with van der Waals surface area (Å²) in [6, 6.07) is 3.55. The Balaban J connectivity index is 2.07. The molecule has 0 spiro atoms. The van der Waals surface area contributed by atoms with E-state index < -0.39 is 5.97 Å². The lowest BCUT2D eigenvalue weighted by atomic mass is 10.3. The molecule has 0 fully saturated rings. The van der Waals surface area contributed by atoms with Crippen molar-refractivity contribution in [2.24, 2.45) is 0 Å². The van der Waals surface area contributed by atoms with E-state index >= 15 is 0 Å².